The van der Waals surface area contributed by atoms with Gasteiger partial charge in [0, 0.05) is 32.4 Å². The molecule has 0 atom stereocenters. The van der Waals surface area contributed by atoms with E-state index in [9.17, 15) is 9.59 Å². The molecule has 7 heteroatoms. The van der Waals surface area contributed by atoms with Gasteiger partial charge < -0.3 is 14.5 Å². The summed E-state index contributed by atoms with van der Waals surface area (Å²) in [5.41, 5.74) is 2.46. The Morgan fingerprint density at radius 3 is 2.54 bits per heavy atom. The van der Waals surface area contributed by atoms with Crippen molar-refractivity contribution in [2.24, 2.45) is 0 Å². The second kappa shape index (κ2) is 7.68. The Hall–Kier alpha value is -2.05. The summed E-state index contributed by atoms with van der Waals surface area (Å²) in [6, 6.07) is 0. The molecule has 24 heavy (non-hydrogen) atoms. The van der Waals surface area contributed by atoms with Crippen LogP contribution >= 0.6 is 0 Å². The molecule has 1 aliphatic carbocycles. The highest BCUT2D eigenvalue weighted by atomic mass is 16.6. The van der Waals surface area contributed by atoms with E-state index in [0.29, 0.717) is 32.8 Å². The average Bonchev–Trinajstić information content (AvgIpc) is 2.83. The van der Waals surface area contributed by atoms with Crippen molar-refractivity contribution in [3.05, 3.63) is 17.5 Å². The van der Waals surface area contributed by atoms with Crippen molar-refractivity contribution in [1.82, 2.24) is 19.6 Å². The molecule has 7 nitrogen and oxygen atoms in total. The molecule has 0 aromatic carbocycles. The SMILES string of the molecule is CCOC(=O)N1CCN(C(=O)Cn2cc3c(n2)CCCCC3)CC1. The molecule has 2 amide bonds. The summed E-state index contributed by atoms with van der Waals surface area (Å²) >= 11 is 0. The second-order valence-electron chi connectivity index (χ2n) is 6.43. The van der Waals surface area contributed by atoms with E-state index < -0.39 is 0 Å². The van der Waals surface area contributed by atoms with Gasteiger partial charge in [-0.15, -0.1) is 0 Å². The number of rotatable bonds is 3. The van der Waals surface area contributed by atoms with Crippen molar-refractivity contribution in [2.45, 2.75) is 45.6 Å². The van der Waals surface area contributed by atoms with Crippen LogP contribution in [0.3, 0.4) is 0 Å². The maximum absolute atomic E-state index is 12.5. The Morgan fingerprint density at radius 1 is 1.08 bits per heavy atom. The quantitative estimate of drug-likeness (QED) is 0.785. The number of aromatic nitrogens is 2. The van der Waals surface area contributed by atoms with E-state index in [2.05, 4.69) is 5.10 Å². The molecule has 0 unspecified atom stereocenters. The van der Waals surface area contributed by atoms with Crippen LogP contribution in [0.25, 0.3) is 0 Å². The van der Waals surface area contributed by atoms with Crippen molar-refractivity contribution in [1.29, 1.82) is 0 Å². The molecule has 2 aliphatic rings. The lowest BCUT2D eigenvalue weighted by atomic mass is 10.1. The molecule has 0 saturated carbocycles. The molecule has 2 heterocycles. The molecular weight excluding hydrogens is 308 g/mol. The summed E-state index contributed by atoms with van der Waals surface area (Å²) in [5, 5.41) is 4.60. The zero-order valence-corrected chi connectivity index (χ0v) is 14.4. The fourth-order valence-corrected chi connectivity index (χ4v) is 3.38. The largest absolute Gasteiger partial charge is 0.450 e. The fraction of sp³-hybridized carbons (Fsp3) is 0.706. The van der Waals surface area contributed by atoms with Crippen molar-refractivity contribution in [3.8, 4) is 0 Å². The van der Waals surface area contributed by atoms with Crippen molar-refractivity contribution in [2.75, 3.05) is 32.8 Å². The monoisotopic (exact) mass is 334 g/mol. The smallest absolute Gasteiger partial charge is 0.409 e. The average molecular weight is 334 g/mol. The van der Waals surface area contributed by atoms with Crippen LogP contribution < -0.4 is 0 Å². The van der Waals surface area contributed by atoms with Crippen LogP contribution in [0, 0.1) is 0 Å². The maximum Gasteiger partial charge on any atom is 0.409 e. The Kier molecular flexibility index (Phi) is 5.37. The van der Waals surface area contributed by atoms with E-state index in [-0.39, 0.29) is 18.5 Å². The van der Waals surface area contributed by atoms with Crippen LogP contribution in [0.4, 0.5) is 4.79 Å². The van der Waals surface area contributed by atoms with Crippen LogP contribution in [0.5, 0.6) is 0 Å². The lowest BCUT2D eigenvalue weighted by molar-refractivity contribution is -0.133. The molecule has 0 N–H and O–H groups in total. The third-order valence-electron chi connectivity index (χ3n) is 4.74. The lowest BCUT2D eigenvalue weighted by Crippen LogP contribution is -2.51. The predicted octanol–water partition coefficient (Wildman–Crippen LogP) is 1.45. The highest BCUT2D eigenvalue weighted by Crippen LogP contribution is 2.19. The first-order chi connectivity index (χ1) is 11.7. The molecule has 0 bridgehead atoms. The van der Waals surface area contributed by atoms with Gasteiger partial charge in [-0.2, -0.15) is 5.10 Å². The van der Waals surface area contributed by atoms with Gasteiger partial charge in [-0.3, -0.25) is 9.48 Å². The lowest BCUT2D eigenvalue weighted by Gasteiger charge is -2.34. The zero-order chi connectivity index (χ0) is 16.9. The Bertz CT molecular complexity index is 567. The first-order valence-corrected chi connectivity index (χ1v) is 8.92. The Balaban J connectivity index is 1.52. The zero-order valence-electron chi connectivity index (χ0n) is 14.4. The number of nitrogens with zero attached hydrogens (tertiary/aromatic N) is 4. The van der Waals surface area contributed by atoms with Gasteiger partial charge in [0.05, 0.1) is 12.3 Å². The number of piperazine rings is 1. The normalized spacial score (nSPS) is 18.0. The third kappa shape index (κ3) is 3.88. The summed E-state index contributed by atoms with van der Waals surface area (Å²) in [7, 11) is 0. The van der Waals surface area contributed by atoms with Gasteiger partial charge in [0.25, 0.3) is 0 Å². The number of carbonyl (C=O) groups excluding carboxylic acids is 2. The molecule has 3 rings (SSSR count). The second-order valence-corrected chi connectivity index (χ2v) is 6.43. The third-order valence-corrected chi connectivity index (χ3v) is 4.74. The van der Waals surface area contributed by atoms with Crippen LogP contribution in [0.15, 0.2) is 6.20 Å². The summed E-state index contributed by atoms with van der Waals surface area (Å²) in [5.74, 6) is 0.0659. The van der Waals surface area contributed by atoms with Crippen LogP contribution in [0.1, 0.15) is 37.4 Å². The molecule has 132 valence electrons. The minimum Gasteiger partial charge on any atom is -0.450 e. The number of hydrogen-bond acceptors (Lipinski definition) is 4. The van der Waals surface area contributed by atoms with E-state index in [4.69, 9.17) is 4.74 Å². The fourth-order valence-electron chi connectivity index (χ4n) is 3.38. The van der Waals surface area contributed by atoms with Gasteiger partial charge in [-0.25, -0.2) is 4.79 Å². The number of ether oxygens (including phenoxy) is 1. The topological polar surface area (TPSA) is 67.7 Å². The molecule has 1 saturated heterocycles. The first-order valence-electron chi connectivity index (χ1n) is 8.92. The maximum atomic E-state index is 12.5. The van der Waals surface area contributed by atoms with Crippen LogP contribution in [-0.2, 0) is 28.9 Å². The molecule has 1 aromatic rings. The number of carbonyl (C=O) groups is 2. The molecule has 1 aliphatic heterocycles. The summed E-state index contributed by atoms with van der Waals surface area (Å²) in [4.78, 5) is 27.6. The summed E-state index contributed by atoms with van der Waals surface area (Å²) in [6.07, 6.45) is 7.50. The van der Waals surface area contributed by atoms with Gasteiger partial charge in [0.1, 0.15) is 6.54 Å². The predicted molar refractivity (Wildman–Crippen MR) is 88.7 cm³/mol. The molecular formula is C17H26N4O3. The van der Waals surface area contributed by atoms with Gasteiger partial charge in [0.2, 0.25) is 5.91 Å². The van der Waals surface area contributed by atoms with Crippen molar-refractivity contribution < 1.29 is 14.3 Å². The number of fused-ring (bicyclic) bond motifs is 1. The van der Waals surface area contributed by atoms with E-state index in [1.807, 2.05) is 11.1 Å². The van der Waals surface area contributed by atoms with E-state index in [1.54, 1.807) is 16.5 Å². The van der Waals surface area contributed by atoms with E-state index in [0.717, 1.165) is 18.5 Å². The minimum absolute atomic E-state index is 0.0659. The summed E-state index contributed by atoms with van der Waals surface area (Å²) < 4.78 is 6.79. The van der Waals surface area contributed by atoms with Crippen LogP contribution in [0.2, 0.25) is 0 Å². The first kappa shape index (κ1) is 16.8. The Labute approximate surface area is 142 Å². The molecule has 0 spiro atoms. The number of amides is 2. The van der Waals surface area contributed by atoms with E-state index >= 15 is 0 Å². The standard InChI is InChI=1S/C17H26N4O3/c1-2-24-17(23)20-10-8-19(9-11-20)16(22)13-21-12-14-6-4-3-5-7-15(14)18-21/h12H,2-11,13H2,1H3. The highest BCUT2D eigenvalue weighted by molar-refractivity contribution is 5.76. The molecule has 1 fully saturated rings. The minimum atomic E-state index is -0.291. The highest BCUT2D eigenvalue weighted by Gasteiger charge is 2.25. The molecule has 0 radical (unpaired) electrons. The van der Waals surface area contributed by atoms with Gasteiger partial charge in [-0.05, 0) is 38.2 Å². The van der Waals surface area contributed by atoms with Crippen molar-refractivity contribution in [3.63, 3.8) is 0 Å². The van der Waals surface area contributed by atoms with Gasteiger partial charge in [0.15, 0.2) is 0 Å². The van der Waals surface area contributed by atoms with Crippen LogP contribution in [-0.4, -0.2) is 64.4 Å². The summed E-state index contributed by atoms with van der Waals surface area (Å²) in [6.45, 7) is 4.62. The number of hydrogen-bond donors (Lipinski definition) is 0. The van der Waals surface area contributed by atoms with Gasteiger partial charge in [-0.1, -0.05) is 6.42 Å². The van der Waals surface area contributed by atoms with Gasteiger partial charge >= 0.3 is 6.09 Å². The van der Waals surface area contributed by atoms with Crippen molar-refractivity contribution >= 4 is 12.0 Å². The number of aryl methyl sites for hydroxylation is 2. The molecule has 1 aromatic heterocycles. The van der Waals surface area contributed by atoms with E-state index in [1.165, 1.54) is 24.8 Å². The Morgan fingerprint density at radius 2 is 1.79 bits per heavy atom.